The number of hydrogen-bond donors (Lipinski definition) is 2. The average molecular weight is 704 g/mol. The summed E-state index contributed by atoms with van der Waals surface area (Å²) >= 11 is 0. The minimum Gasteiger partial charge on any atom is -0.422 e. The summed E-state index contributed by atoms with van der Waals surface area (Å²) in [7, 11) is 0. The van der Waals surface area contributed by atoms with Crippen molar-refractivity contribution in [3.05, 3.63) is 46.8 Å². The Morgan fingerprint density at radius 1 is 0.980 bits per heavy atom. The lowest BCUT2D eigenvalue weighted by Gasteiger charge is -2.37. The van der Waals surface area contributed by atoms with Crippen molar-refractivity contribution in [1.29, 1.82) is 0 Å². The lowest BCUT2D eigenvalue weighted by molar-refractivity contribution is -0.785. The van der Waals surface area contributed by atoms with E-state index in [1.165, 1.54) is 45.0 Å². The van der Waals surface area contributed by atoms with E-state index in [1.54, 1.807) is 25.7 Å². The fourth-order valence-corrected chi connectivity index (χ4v) is 5.79. The van der Waals surface area contributed by atoms with Gasteiger partial charge in [0.1, 0.15) is 12.1 Å². The maximum absolute atomic E-state index is 14.8. The van der Waals surface area contributed by atoms with Crippen LogP contribution in [0.1, 0.15) is 81.5 Å². The van der Waals surface area contributed by atoms with Crippen molar-refractivity contribution in [1.82, 2.24) is 15.5 Å². The summed E-state index contributed by atoms with van der Waals surface area (Å²) in [5, 5.41) is 4.77. The molecule has 16 heteroatoms. The van der Waals surface area contributed by atoms with Crippen molar-refractivity contribution in [2.45, 2.75) is 85.0 Å². The molecule has 3 rings (SSSR count). The van der Waals surface area contributed by atoms with Crippen LogP contribution in [0.4, 0.5) is 26.7 Å². The number of benzene rings is 1. The highest BCUT2D eigenvalue weighted by Gasteiger charge is 2.64. The third-order valence-electron chi connectivity index (χ3n) is 8.76. The van der Waals surface area contributed by atoms with Gasteiger partial charge in [0.25, 0.3) is 11.8 Å². The Morgan fingerprint density at radius 3 is 2.02 bits per heavy atom. The number of nitrogens with zero attached hydrogens (tertiary/aromatic N) is 2. The van der Waals surface area contributed by atoms with Gasteiger partial charge < -0.3 is 19.7 Å². The van der Waals surface area contributed by atoms with Crippen molar-refractivity contribution >= 4 is 29.7 Å². The van der Waals surface area contributed by atoms with Crippen molar-refractivity contribution in [2.24, 2.45) is 11.8 Å². The molecule has 3 atom stereocenters. The summed E-state index contributed by atoms with van der Waals surface area (Å²) in [6.07, 6.45) is -6.05. The number of carbonyl (C=O) groups is 5. The van der Waals surface area contributed by atoms with E-state index < -0.39 is 82.2 Å². The lowest BCUT2D eigenvalue weighted by atomic mass is 9.99. The molecule has 2 aliphatic heterocycles. The van der Waals surface area contributed by atoms with Crippen molar-refractivity contribution in [3.8, 4) is 0 Å². The third-order valence-corrected chi connectivity index (χ3v) is 8.76. The first-order valence-corrected chi connectivity index (χ1v) is 16.2. The van der Waals surface area contributed by atoms with Crippen LogP contribution in [-0.2, 0) is 19.1 Å². The molecule has 1 aromatic rings. The number of quaternary nitrogens is 1. The van der Waals surface area contributed by atoms with Gasteiger partial charge in [-0.15, -0.1) is 0 Å². The average Bonchev–Trinajstić information content (AvgIpc) is 3.45. The molecule has 2 aliphatic rings. The van der Waals surface area contributed by atoms with Gasteiger partial charge in [-0.05, 0) is 43.0 Å². The van der Waals surface area contributed by atoms with Crippen LogP contribution in [0, 0.1) is 11.8 Å². The van der Waals surface area contributed by atoms with Crippen molar-refractivity contribution < 1.29 is 59.9 Å². The van der Waals surface area contributed by atoms with E-state index in [2.05, 4.69) is 15.4 Å². The molecule has 0 radical (unpaired) electrons. The Morgan fingerprint density at radius 2 is 1.55 bits per heavy atom. The number of morpholine rings is 1. The summed E-state index contributed by atoms with van der Waals surface area (Å²) in [6, 6.07) is 2.53. The number of esters is 1. The fourth-order valence-electron chi connectivity index (χ4n) is 5.79. The Bertz CT molecular complexity index is 1440. The second kappa shape index (κ2) is 15.7. The highest BCUT2D eigenvalue weighted by Crippen LogP contribution is 2.44. The number of rotatable bonds is 10. The quantitative estimate of drug-likeness (QED) is 0.149. The van der Waals surface area contributed by atoms with E-state index in [1.807, 2.05) is 0 Å². The fraction of sp³-hybridized carbons (Fsp3) is 0.606. The Balaban J connectivity index is 1.96. The largest absolute Gasteiger partial charge is 0.461 e. The standard InChI is InChI=1S/C33H43F5N4O7/c1-7-24(43)49-27(32(34,35)33(36,37)38)25(19(2)3)40-31(47)42(16-8-9-21(42)6)30(46)26(20(4)5)39-28(44)22-10-12-23(13-11-22)29(45)41-14-17-48-18-15-41/h10-13,19-21,26H,7-9,14-18H2,1-6H3,(H-,39,40,44,47)/p+1/t21-,26+,42?/m1/s1. The number of urea groups is 1. The summed E-state index contributed by atoms with van der Waals surface area (Å²) in [4.78, 5) is 68.2. The predicted molar refractivity (Wildman–Crippen MR) is 166 cm³/mol. The molecular formula is C33H44F5N4O7+. The first kappa shape index (κ1) is 39.5. The maximum atomic E-state index is 14.8. The number of likely N-dealkylation sites (tertiary alicyclic amines) is 1. The second-order valence-corrected chi connectivity index (χ2v) is 12.8. The van der Waals surface area contributed by atoms with Crippen LogP contribution in [0.15, 0.2) is 35.7 Å². The molecule has 0 saturated carbocycles. The van der Waals surface area contributed by atoms with Gasteiger partial charge in [0.15, 0.2) is 0 Å². The van der Waals surface area contributed by atoms with Gasteiger partial charge in [-0.25, -0.2) is 9.59 Å². The zero-order chi connectivity index (χ0) is 36.9. The number of imide groups is 1. The van der Waals surface area contributed by atoms with E-state index in [9.17, 15) is 45.9 Å². The number of carbonyl (C=O) groups excluding carboxylic acids is 5. The molecule has 272 valence electrons. The van der Waals surface area contributed by atoms with E-state index >= 15 is 0 Å². The van der Waals surface area contributed by atoms with Crippen molar-refractivity contribution in [3.63, 3.8) is 0 Å². The molecule has 0 aromatic heterocycles. The van der Waals surface area contributed by atoms with Crippen LogP contribution in [0.25, 0.3) is 0 Å². The SMILES string of the molecule is CCC(=O)OC(=C(NC(=O)[N+]1(C(=O)[C@@H](NC(=O)c2ccc(C(=O)N3CCOCC3)cc2)C(C)C)CCC[C@H]1C)C(C)C)C(F)(F)C(F)(F)F. The molecule has 1 unspecified atom stereocenters. The second-order valence-electron chi connectivity index (χ2n) is 12.8. The number of halogens is 5. The molecule has 2 N–H and O–H groups in total. The summed E-state index contributed by atoms with van der Waals surface area (Å²) < 4.78 is 79.1. The van der Waals surface area contributed by atoms with Gasteiger partial charge in [-0.3, -0.25) is 19.7 Å². The van der Waals surface area contributed by atoms with Crippen LogP contribution in [-0.4, -0.2) is 96.1 Å². The molecule has 0 bridgehead atoms. The van der Waals surface area contributed by atoms with Crippen LogP contribution < -0.4 is 10.6 Å². The first-order valence-electron chi connectivity index (χ1n) is 16.2. The van der Waals surface area contributed by atoms with Crippen LogP contribution in [0.5, 0.6) is 0 Å². The third kappa shape index (κ3) is 8.46. The minimum atomic E-state index is -6.18. The van der Waals surface area contributed by atoms with E-state index in [0.29, 0.717) is 44.7 Å². The molecule has 5 amide bonds. The molecule has 0 spiro atoms. The van der Waals surface area contributed by atoms with Crippen LogP contribution >= 0.6 is 0 Å². The topological polar surface area (TPSA) is 131 Å². The number of amides is 5. The number of allylic oxidation sites excluding steroid dienone is 2. The zero-order valence-electron chi connectivity index (χ0n) is 28.4. The van der Waals surface area contributed by atoms with Gasteiger partial charge in [-0.2, -0.15) is 26.4 Å². The van der Waals surface area contributed by atoms with Gasteiger partial charge in [0.05, 0.1) is 25.5 Å². The van der Waals surface area contributed by atoms with Gasteiger partial charge in [0, 0.05) is 43.5 Å². The zero-order valence-corrected chi connectivity index (χ0v) is 28.4. The lowest BCUT2D eigenvalue weighted by Crippen LogP contribution is -2.68. The predicted octanol–water partition coefficient (Wildman–Crippen LogP) is 5.17. The number of alkyl halides is 5. The normalized spacial score (nSPS) is 21.2. The summed E-state index contributed by atoms with van der Waals surface area (Å²) in [5.74, 6) is -12.7. The minimum absolute atomic E-state index is 0.115. The monoisotopic (exact) mass is 703 g/mol. The molecule has 2 fully saturated rings. The van der Waals surface area contributed by atoms with E-state index in [-0.39, 0.29) is 18.0 Å². The molecule has 1 aromatic carbocycles. The van der Waals surface area contributed by atoms with Gasteiger partial charge in [0.2, 0.25) is 5.76 Å². The number of nitrogens with one attached hydrogen (secondary N) is 2. The van der Waals surface area contributed by atoms with E-state index in [0.717, 1.165) is 0 Å². The molecule has 11 nitrogen and oxygen atoms in total. The first-order chi connectivity index (χ1) is 22.8. The number of hydrogen-bond acceptors (Lipinski definition) is 7. The van der Waals surface area contributed by atoms with E-state index in [4.69, 9.17) is 4.74 Å². The Hall–Kier alpha value is -3.92. The number of ether oxygens (including phenoxy) is 2. The Kier molecular flexibility index (Phi) is 12.7. The van der Waals surface area contributed by atoms with Gasteiger partial charge >= 0.3 is 30.0 Å². The van der Waals surface area contributed by atoms with Crippen molar-refractivity contribution in [2.75, 3.05) is 32.8 Å². The molecule has 49 heavy (non-hydrogen) atoms. The highest BCUT2D eigenvalue weighted by atomic mass is 19.4. The molecular weight excluding hydrogens is 659 g/mol. The summed E-state index contributed by atoms with van der Waals surface area (Å²) in [5.41, 5.74) is -0.546. The molecule has 2 saturated heterocycles. The molecule has 2 heterocycles. The smallest absolute Gasteiger partial charge is 0.422 e. The summed E-state index contributed by atoms with van der Waals surface area (Å²) in [6.45, 7) is 9.99. The van der Waals surface area contributed by atoms with Crippen LogP contribution in [0.2, 0.25) is 0 Å². The maximum Gasteiger partial charge on any atom is 0.461 e. The Labute approximate surface area is 281 Å². The highest BCUT2D eigenvalue weighted by molar-refractivity contribution is 6.00. The van der Waals surface area contributed by atoms with Crippen LogP contribution in [0.3, 0.4) is 0 Å². The molecule has 0 aliphatic carbocycles. The van der Waals surface area contributed by atoms with Gasteiger partial charge in [-0.1, -0.05) is 34.6 Å².